The van der Waals surface area contributed by atoms with Gasteiger partial charge in [0.25, 0.3) is 10.1 Å². The standard InChI is InChI=1S/C12H26O3S.C6H15N/c1-2-3-4-5-6-7-8-9-10-11-12-16(13,14)15;1-4-7(5-2)6-3/h2-12H2,1H3,(H,13,14,15);4-6H2,1-3H3. The van der Waals surface area contributed by atoms with Crippen molar-refractivity contribution in [1.82, 2.24) is 4.90 Å². The summed E-state index contributed by atoms with van der Waals surface area (Å²) in [7, 11) is -3.73. The van der Waals surface area contributed by atoms with Gasteiger partial charge in [-0.2, -0.15) is 8.42 Å². The Kier molecular flexibility index (Phi) is 19.9. The summed E-state index contributed by atoms with van der Waals surface area (Å²) in [6, 6.07) is 0. The summed E-state index contributed by atoms with van der Waals surface area (Å²) >= 11 is 0. The fourth-order valence-corrected chi connectivity index (χ4v) is 3.01. The van der Waals surface area contributed by atoms with Crippen LogP contribution in [0.3, 0.4) is 0 Å². The summed E-state index contributed by atoms with van der Waals surface area (Å²) in [4.78, 5) is 2.38. The van der Waals surface area contributed by atoms with Crippen molar-refractivity contribution in [3.05, 3.63) is 0 Å². The van der Waals surface area contributed by atoms with Crippen LogP contribution in [-0.4, -0.2) is 43.3 Å². The average Bonchev–Trinajstić information content (AvgIpc) is 2.50. The van der Waals surface area contributed by atoms with E-state index < -0.39 is 10.1 Å². The normalized spacial score (nSPS) is 11.4. The molecule has 0 radical (unpaired) electrons. The topological polar surface area (TPSA) is 57.6 Å². The maximum atomic E-state index is 10.4. The number of hydrogen-bond acceptors (Lipinski definition) is 3. The predicted octanol–water partition coefficient (Wildman–Crippen LogP) is 5.14. The van der Waals surface area contributed by atoms with Gasteiger partial charge >= 0.3 is 0 Å². The highest BCUT2D eigenvalue weighted by atomic mass is 32.2. The highest BCUT2D eigenvalue weighted by Crippen LogP contribution is 2.10. The molecule has 0 aliphatic carbocycles. The van der Waals surface area contributed by atoms with Crippen molar-refractivity contribution in [3.8, 4) is 0 Å². The maximum Gasteiger partial charge on any atom is 0.264 e. The molecule has 0 aromatic rings. The van der Waals surface area contributed by atoms with Gasteiger partial charge in [-0.25, -0.2) is 0 Å². The molecule has 0 amide bonds. The van der Waals surface area contributed by atoms with Crippen LogP contribution in [0.15, 0.2) is 0 Å². The molecule has 0 aromatic heterocycles. The molecule has 0 saturated heterocycles. The molecule has 23 heavy (non-hydrogen) atoms. The van der Waals surface area contributed by atoms with Crippen LogP contribution in [0.2, 0.25) is 0 Å². The molecule has 0 saturated carbocycles. The van der Waals surface area contributed by atoms with Crippen LogP contribution in [0, 0.1) is 0 Å². The summed E-state index contributed by atoms with van der Waals surface area (Å²) in [6.45, 7) is 12.3. The van der Waals surface area contributed by atoms with Gasteiger partial charge in [0.1, 0.15) is 0 Å². The largest absolute Gasteiger partial charge is 0.304 e. The van der Waals surface area contributed by atoms with Crippen molar-refractivity contribution in [2.24, 2.45) is 0 Å². The molecule has 0 fully saturated rings. The number of rotatable bonds is 14. The molecule has 5 heteroatoms. The van der Waals surface area contributed by atoms with E-state index in [9.17, 15) is 8.42 Å². The number of hydrogen-bond donors (Lipinski definition) is 1. The Morgan fingerprint density at radius 2 is 1.00 bits per heavy atom. The van der Waals surface area contributed by atoms with Gasteiger partial charge in [0, 0.05) is 0 Å². The van der Waals surface area contributed by atoms with E-state index >= 15 is 0 Å². The van der Waals surface area contributed by atoms with Crippen molar-refractivity contribution in [3.63, 3.8) is 0 Å². The van der Waals surface area contributed by atoms with Gasteiger partial charge in [-0.15, -0.1) is 0 Å². The lowest BCUT2D eigenvalue weighted by Gasteiger charge is -2.13. The first-order valence-electron chi connectivity index (χ1n) is 9.58. The zero-order valence-corrected chi connectivity index (χ0v) is 16.8. The lowest BCUT2D eigenvalue weighted by atomic mass is 10.1. The summed E-state index contributed by atoms with van der Waals surface area (Å²) in [5, 5.41) is 0. The Hall–Kier alpha value is -0.130. The Bertz CT molecular complexity index is 309. The first kappa shape index (κ1) is 25.1. The van der Waals surface area contributed by atoms with E-state index in [-0.39, 0.29) is 5.75 Å². The summed E-state index contributed by atoms with van der Waals surface area (Å²) in [5.41, 5.74) is 0. The van der Waals surface area contributed by atoms with Crippen molar-refractivity contribution in [2.75, 3.05) is 25.4 Å². The molecule has 0 bridgehead atoms. The predicted molar refractivity (Wildman–Crippen MR) is 102 cm³/mol. The molecular weight excluding hydrogens is 310 g/mol. The average molecular weight is 352 g/mol. The number of nitrogens with zero attached hydrogens (tertiary/aromatic N) is 1. The molecule has 0 aromatic carbocycles. The minimum absolute atomic E-state index is 0.0799. The molecule has 4 nitrogen and oxygen atoms in total. The van der Waals surface area contributed by atoms with Gasteiger partial charge in [-0.3, -0.25) is 4.55 Å². The molecule has 0 rings (SSSR count). The van der Waals surface area contributed by atoms with Gasteiger partial charge < -0.3 is 4.90 Å². The van der Waals surface area contributed by atoms with Crippen molar-refractivity contribution in [2.45, 2.75) is 91.9 Å². The fraction of sp³-hybridized carbons (Fsp3) is 1.00. The van der Waals surface area contributed by atoms with E-state index in [2.05, 4.69) is 32.6 Å². The monoisotopic (exact) mass is 351 g/mol. The SMILES string of the molecule is CCCCCCCCCCCCS(=O)(=O)O.CCN(CC)CC. The first-order valence-corrected chi connectivity index (χ1v) is 11.2. The van der Waals surface area contributed by atoms with E-state index in [0.29, 0.717) is 6.42 Å². The van der Waals surface area contributed by atoms with Crippen molar-refractivity contribution in [1.29, 1.82) is 0 Å². The molecular formula is C18H41NO3S. The van der Waals surface area contributed by atoms with Crippen LogP contribution in [0.1, 0.15) is 91.9 Å². The first-order chi connectivity index (χ1) is 10.9. The second-order valence-corrected chi connectivity index (χ2v) is 7.66. The van der Waals surface area contributed by atoms with Gasteiger partial charge in [-0.1, -0.05) is 85.5 Å². The molecule has 0 heterocycles. The zero-order valence-electron chi connectivity index (χ0n) is 16.0. The van der Waals surface area contributed by atoms with Gasteiger partial charge in [0.05, 0.1) is 5.75 Å². The van der Waals surface area contributed by atoms with Gasteiger partial charge in [0.15, 0.2) is 0 Å². The lowest BCUT2D eigenvalue weighted by molar-refractivity contribution is 0.321. The van der Waals surface area contributed by atoms with Crippen LogP contribution in [0.5, 0.6) is 0 Å². The Morgan fingerprint density at radius 3 is 1.26 bits per heavy atom. The molecule has 0 aliphatic heterocycles. The fourth-order valence-electron chi connectivity index (χ4n) is 2.44. The van der Waals surface area contributed by atoms with Crippen molar-refractivity contribution < 1.29 is 13.0 Å². The third-order valence-electron chi connectivity index (χ3n) is 4.10. The van der Waals surface area contributed by atoms with E-state index in [0.717, 1.165) is 12.8 Å². The van der Waals surface area contributed by atoms with E-state index in [4.69, 9.17) is 4.55 Å². The Morgan fingerprint density at radius 1 is 0.652 bits per heavy atom. The smallest absolute Gasteiger partial charge is 0.264 e. The third kappa shape index (κ3) is 24.2. The van der Waals surface area contributed by atoms with Crippen LogP contribution >= 0.6 is 0 Å². The highest BCUT2D eigenvalue weighted by Gasteiger charge is 2.02. The van der Waals surface area contributed by atoms with Crippen LogP contribution in [0.4, 0.5) is 0 Å². The number of unbranched alkanes of at least 4 members (excludes halogenated alkanes) is 9. The lowest BCUT2D eigenvalue weighted by Crippen LogP contribution is -2.21. The minimum atomic E-state index is -3.73. The molecule has 142 valence electrons. The second-order valence-electron chi connectivity index (χ2n) is 6.09. The quantitative estimate of drug-likeness (QED) is 0.347. The minimum Gasteiger partial charge on any atom is -0.304 e. The van der Waals surface area contributed by atoms with Crippen LogP contribution in [0.25, 0.3) is 0 Å². The molecule has 0 aliphatic rings. The molecule has 0 unspecified atom stereocenters. The van der Waals surface area contributed by atoms with E-state index in [1.54, 1.807) is 0 Å². The maximum absolute atomic E-state index is 10.4. The molecule has 1 N–H and O–H groups in total. The molecule has 0 spiro atoms. The van der Waals surface area contributed by atoms with Gasteiger partial charge in [-0.05, 0) is 26.1 Å². The summed E-state index contributed by atoms with van der Waals surface area (Å²) in [5.74, 6) is -0.0799. The zero-order chi connectivity index (χ0) is 18.0. The summed E-state index contributed by atoms with van der Waals surface area (Å²) in [6.07, 6.45) is 11.7. The van der Waals surface area contributed by atoms with E-state index in [1.165, 1.54) is 64.6 Å². The molecule has 0 atom stereocenters. The third-order valence-corrected chi connectivity index (χ3v) is 4.90. The van der Waals surface area contributed by atoms with Crippen LogP contribution in [-0.2, 0) is 10.1 Å². The van der Waals surface area contributed by atoms with Gasteiger partial charge in [0.2, 0.25) is 0 Å². The Balaban J connectivity index is 0. The Labute approximate surface area is 145 Å². The van der Waals surface area contributed by atoms with E-state index in [1.807, 2.05) is 0 Å². The van der Waals surface area contributed by atoms with Crippen LogP contribution < -0.4 is 0 Å². The summed E-state index contributed by atoms with van der Waals surface area (Å²) < 4.78 is 29.4. The second kappa shape index (κ2) is 18.2. The van der Waals surface area contributed by atoms with Crippen molar-refractivity contribution >= 4 is 10.1 Å². The highest BCUT2D eigenvalue weighted by molar-refractivity contribution is 7.85.